The Balaban J connectivity index is 2.39. The number of carboxylic acids is 1. The van der Waals surface area contributed by atoms with Crippen molar-refractivity contribution in [1.29, 1.82) is 0 Å². The molecular weight excluding hydrogens is 300 g/mol. The van der Waals surface area contributed by atoms with Crippen LogP contribution in [0, 0.1) is 6.92 Å². The molecule has 0 spiro atoms. The molecule has 2 aromatic rings. The third-order valence-corrected chi connectivity index (χ3v) is 2.64. The number of benzene rings is 1. The molecule has 2 rings (SSSR count). The average Bonchev–Trinajstić information content (AvgIpc) is 2.28. The summed E-state index contributed by atoms with van der Waals surface area (Å²) in [5, 5.41) is 9.05. The molecule has 5 nitrogen and oxygen atoms in total. The standard InChI is InChI=1S/C12H9BrN2O3/c1-7-4-5-14-12(15-7)18-10-6-8(13)2-3-9(10)11(16)17/h2-6H,1H3,(H,16,17). The molecule has 0 saturated heterocycles. The van der Waals surface area contributed by atoms with E-state index in [4.69, 9.17) is 9.84 Å². The summed E-state index contributed by atoms with van der Waals surface area (Å²) in [6.45, 7) is 1.80. The molecule has 0 bridgehead atoms. The van der Waals surface area contributed by atoms with Crippen molar-refractivity contribution in [2.24, 2.45) is 0 Å². The molecule has 6 heteroatoms. The first-order chi connectivity index (χ1) is 8.56. The second kappa shape index (κ2) is 5.14. The highest BCUT2D eigenvalue weighted by Crippen LogP contribution is 2.27. The molecule has 1 N–H and O–H groups in total. The van der Waals surface area contributed by atoms with Crippen LogP contribution in [0.5, 0.6) is 11.8 Å². The van der Waals surface area contributed by atoms with Crippen LogP contribution in [0.15, 0.2) is 34.9 Å². The van der Waals surface area contributed by atoms with E-state index in [0.717, 1.165) is 10.2 Å². The minimum Gasteiger partial charge on any atom is -0.478 e. The number of aromatic carboxylic acids is 1. The maximum Gasteiger partial charge on any atom is 0.339 e. The van der Waals surface area contributed by atoms with Crippen molar-refractivity contribution in [2.75, 3.05) is 0 Å². The Morgan fingerprint density at radius 2 is 2.17 bits per heavy atom. The number of hydrogen-bond donors (Lipinski definition) is 1. The molecule has 0 aliphatic carbocycles. The van der Waals surface area contributed by atoms with E-state index in [9.17, 15) is 4.79 Å². The molecule has 0 aliphatic heterocycles. The summed E-state index contributed by atoms with van der Waals surface area (Å²) in [5.41, 5.74) is 0.801. The van der Waals surface area contributed by atoms with Crippen molar-refractivity contribution in [1.82, 2.24) is 9.97 Å². The van der Waals surface area contributed by atoms with Crippen LogP contribution < -0.4 is 4.74 Å². The van der Waals surface area contributed by atoms with E-state index < -0.39 is 5.97 Å². The van der Waals surface area contributed by atoms with E-state index >= 15 is 0 Å². The first-order valence-corrected chi connectivity index (χ1v) is 5.86. The summed E-state index contributed by atoms with van der Waals surface area (Å²) < 4.78 is 6.12. The zero-order chi connectivity index (χ0) is 13.1. The molecule has 0 unspecified atom stereocenters. The quantitative estimate of drug-likeness (QED) is 0.943. The fourth-order valence-electron chi connectivity index (χ4n) is 1.33. The zero-order valence-electron chi connectivity index (χ0n) is 9.42. The van der Waals surface area contributed by atoms with Gasteiger partial charge < -0.3 is 9.84 Å². The lowest BCUT2D eigenvalue weighted by atomic mass is 10.2. The van der Waals surface area contributed by atoms with Crippen LogP contribution in [0.2, 0.25) is 0 Å². The van der Waals surface area contributed by atoms with Gasteiger partial charge in [0, 0.05) is 16.4 Å². The lowest BCUT2D eigenvalue weighted by Crippen LogP contribution is -2.01. The van der Waals surface area contributed by atoms with E-state index in [-0.39, 0.29) is 17.3 Å². The Labute approximate surface area is 112 Å². The first kappa shape index (κ1) is 12.5. The lowest BCUT2D eigenvalue weighted by molar-refractivity contribution is 0.0694. The molecule has 0 atom stereocenters. The Morgan fingerprint density at radius 1 is 1.39 bits per heavy atom. The van der Waals surface area contributed by atoms with Crippen molar-refractivity contribution in [2.45, 2.75) is 6.92 Å². The Hall–Kier alpha value is -1.95. The second-order valence-corrected chi connectivity index (χ2v) is 4.44. The zero-order valence-corrected chi connectivity index (χ0v) is 11.0. The van der Waals surface area contributed by atoms with Gasteiger partial charge in [-0.15, -0.1) is 0 Å². The van der Waals surface area contributed by atoms with Gasteiger partial charge in [0.25, 0.3) is 0 Å². The number of hydrogen-bond acceptors (Lipinski definition) is 4. The predicted octanol–water partition coefficient (Wildman–Crippen LogP) is 3.04. The van der Waals surface area contributed by atoms with Gasteiger partial charge in [-0.05, 0) is 31.2 Å². The summed E-state index contributed by atoms with van der Waals surface area (Å²) in [4.78, 5) is 19.0. The van der Waals surface area contributed by atoms with Crippen LogP contribution in [0.1, 0.15) is 16.1 Å². The minimum atomic E-state index is -1.06. The van der Waals surface area contributed by atoms with Crippen molar-refractivity contribution < 1.29 is 14.6 Å². The van der Waals surface area contributed by atoms with E-state index in [1.807, 2.05) is 0 Å². The summed E-state index contributed by atoms with van der Waals surface area (Å²) in [7, 11) is 0. The van der Waals surface area contributed by atoms with Crippen molar-refractivity contribution in [3.05, 3.63) is 46.2 Å². The Morgan fingerprint density at radius 3 is 2.83 bits per heavy atom. The van der Waals surface area contributed by atoms with Crippen LogP contribution >= 0.6 is 15.9 Å². The smallest absolute Gasteiger partial charge is 0.339 e. The molecule has 1 aromatic heterocycles. The fourth-order valence-corrected chi connectivity index (χ4v) is 1.67. The van der Waals surface area contributed by atoms with E-state index in [1.54, 1.807) is 31.3 Å². The SMILES string of the molecule is Cc1ccnc(Oc2cc(Br)ccc2C(=O)O)n1. The normalized spacial score (nSPS) is 10.1. The van der Waals surface area contributed by atoms with Gasteiger partial charge in [0.1, 0.15) is 11.3 Å². The second-order valence-electron chi connectivity index (χ2n) is 3.53. The van der Waals surface area contributed by atoms with Crippen molar-refractivity contribution >= 4 is 21.9 Å². The molecule has 0 aliphatic rings. The molecule has 1 aromatic carbocycles. The van der Waals surface area contributed by atoms with Crippen LogP contribution in [0.4, 0.5) is 0 Å². The molecule has 0 radical (unpaired) electrons. The number of ether oxygens (including phenoxy) is 1. The highest BCUT2D eigenvalue weighted by molar-refractivity contribution is 9.10. The third kappa shape index (κ3) is 2.84. The Kier molecular flexibility index (Phi) is 3.57. The van der Waals surface area contributed by atoms with Gasteiger partial charge >= 0.3 is 12.0 Å². The van der Waals surface area contributed by atoms with Gasteiger partial charge in [-0.25, -0.2) is 14.8 Å². The summed E-state index contributed by atoms with van der Waals surface area (Å²) in [5.74, 6) is -0.868. The monoisotopic (exact) mass is 308 g/mol. The molecule has 92 valence electrons. The highest BCUT2D eigenvalue weighted by atomic mass is 79.9. The van der Waals surface area contributed by atoms with Gasteiger partial charge in [-0.3, -0.25) is 0 Å². The highest BCUT2D eigenvalue weighted by Gasteiger charge is 2.13. The minimum absolute atomic E-state index is 0.0586. The maximum atomic E-state index is 11.1. The third-order valence-electron chi connectivity index (χ3n) is 2.15. The van der Waals surface area contributed by atoms with E-state index in [0.29, 0.717) is 0 Å². The predicted molar refractivity (Wildman–Crippen MR) is 67.9 cm³/mol. The molecule has 1 heterocycles. The van der Waals surface area contributed by atoms with Crippen LogP contribution in [-0.4, -0.2) is 21.0 Å². The molecule has 0 amide bonds. The number of aryl methyl sites for hydroxylation is 1. The van der Waals surface area contributed by atoms with Gasteiger partial charge in [0.15, 0.2) is 0 Å². The largest absolute Gasteiger partial charge is 0.478 e. The topological polar surface area (TPSA) is 72.3 Å². The number of halogens is 1. The van der Waals surface area contributed by atoms with Crippen LogP contribution in [0.25, 0.3) is 0 Å². The van der Waals surface area contributed by atoms with Crippen LogP contribution in [-0.2, 0) is 0 Å². The van der Waals surface area contributed by atoms with Gasteiger partial charge in [-0.1, -0.05) is 15.9 Å². The summed E-state index contributed by atoms with van der Waals surface area (Å²) >= 11 is 3.26. The van der Waals surface area contributed by atoms with Crippen molar-refractivity contribution in [3.8, 4) is 11.8 Å². The van der Waals surface area contributed by atoms with E-state index in [2.05, 4.69) is 25.9 Å². The number of rotatable bonds is 3. The summed E-state index contributed by atoms with van der Waals surface area (Å²) in [6, 6.07) is 6.50. The molecular formula is C12H9BrN2O3. The number of aromatic nitrogens is 2. The molecule has 18 heavy (non-hydrogen) atoms. The average molecular weight is 309 g/mol. The Bertz CT molecular complexity index is 602. The summed E-state index contributed by atoms with van der Waals surface area (Å²) in [6.07, 6.45) is 1.55. The molecule has 0 saturated carbocycles. The number of carboxylic acid groups (broad SMARTS) is 1. The van der Waals surface area contributed by atoms with Gasteiger partial charge in [0.2, 0.25) is 0 Å². The number of carbonyl (C=O) groups is 1. The number of nitrogens with zero attached hydrogens (tertiary/aromatic N) is 2. The maximum absolute atomic E-state index is 11.1. The van der Waals surface area contributed by atoms with Crippen molar-refractivity contribution in [3.63, 3.8) is 0 Å². The van der Waals surface area contributed by atoms with E-state index in [1.165, 1.54) is 6.07 Å². The fraction of sp³-hybridized carbons (Fsp3) is 0.0833. The first-order valence-electron chi connectivity index (χ1n) is 5.06. The van der Waals surface area contributed by atoms with Crippen LogP contribution in [0.3, 0.4) is 0 Å². The van der Waals surface area contributed by atoms with Gasteiger partial charge in [-0.2, -0.15) is 0 Å². The van der Waals surface area contributed by atoms with Gasteiger partial charge in [0.05, 0.1) is 0 Å². The lowest BCUT2D eigenvalue weighted by Gasteiger charge is -2.07. The molecule has 0 fully saturated rings.